The summed E-state index contributed by atoms with van der Waals surface area (Å²) in [5, 5.41) is 0.783. The molecule has 0 spiro atoms. The van der Waals surface area contributed by atoms with Crippen molar-refractivity contribution in [2.75, 3.05) is 19.6 Å². The highest BCUT2D eigenvalue weighted by Crippen LogP contribution is 2.33. The lowest BCUT2D eigenvalue weighted by Crippen LogP contribution is -2.57. The number of aromatic nitrogens is 1. The summed E-state index contributed by atoms with van der Waals surface area (Å²) in [6, 6.07) is 10.5. The van der Waals surface area contributed by atoms with Gasteiger partial charge in [0.2, 0.25) is 0 Å². The van der Waals surface area contributed by atoms with Crippen molar-refractivity contribution in [3.63, 3.8) is 0 Å². The van der Waals surface area contributed by atoms with Crippen LogP contribution in [-0.4, -0.2) is 40.0 Å². The third kappa shape index (κ3) is 6.32. The molecule has 1 saturated heterocycles. The monoisotopic (exact) mass is 529 g/mol. The van der Waals surface area contributed by atoms with E-state index in [2.05, 4.69) is 115 Å². The summed E-state index contributed by atoms with van der Waals surface area (Å²) in [7, 11) is 0. The molecule has 0 amide bonds. The Morgan fingerprint density at radius 3 is 2.26 bits per heavy atom. The number of piperazine rings is 1. The van der Waals surface area contributed by atoms with Gasteiger partial charge in [-0.1, -0.05) is 48.5 Å². The van der Waals surface area contributed by atoms with E-state index in [0.29, 0.717) is 0 Å². The van der Waals surface area contributed by atoms with Crippen LogP contribution in [0.4, 0.5) is 0 Å². The first-order chi connectivity index (χ1) is 17.8. The fourth-order valence-electron chi connectivity index (χ4n) is 5.18. The molecule has 0 radical (unpaired) electrons. The quantitative estimate of drug-likeness (QED) is 0.333. The van der Waals surface area contributed by atoms with Crippen LogP contribution in [0.15, 0.2) is 78.1 Å². The van der Waals surface area contributed by atoms with Crippen LogP contribution in [0.25, 0.3) is 11.3 Å². The summed E-state index contributed by atoms with van der Waals surface area (Å²) in [5.74, 6) is 0. The van der Waals surface area contributed by atoms with Crippen molar-refractivity contribution in [1.82, 2.24) is 14.8 Å². The van der Waals surface area contributed by atoms with Crippen LogP contribution >= 0.6 is 11.6 Å². The van der Waals surface area contributed by atoms with Gasteiger partial charge in [-0.3, -0.25) is 4.98 Å². The van der Waals surface area contributed by atoms with E-state index in [1.165, 1.54) is 16.7 Å². The minimum absolute atomic E-state index is 0.116. The van der Waals surface area contributed by atoms with Crippen molar-refractivity contribution in [2.24, 2.45) is 0 Å². The number of allylic oxidation sites excluding steroid dienone is 5. The lowest BCUT2D eigenvalue weighted by Gasteiger charge is -2.50. The van der Waals surface area contributed by atoms with Gasteiger partial charge in [0.25, 0.3) is 0 Å². The highest BCUT2D eigenvalue weighted by Gasteiger charge is 2.35. The predicted molar refractivity (Wildman–Crippen MR) is 166 cm³/mol. The maximum Gasteiger partial charge on any atom is 0.0860 e. The first kappa shape index (κ1) is 29.5. The Morgan fingerprint density at radius 1 is 1.03 bits per heavy atom. The van der Waals surface area contributed by atoms with E-state index < -0.39 is 0 Å². The minimum Gasteiger partial charge on any atom is -0.368 e. The van der Waals surface area contributed by atoms with Gasteiger partial charge < -0.3 is 9.80 Å². The molecule has 1 aliphatic heterocycles. The van der Waals surface area contributed by atoms with Crippen molar-refractivity contribution in [3.05, 3.63) is 111 Å². The molecule has 0 bridgehead atoms. The van der Waals surface area contributed by atoms with Crippen molar-refractivity contribution in [3.8, 4) is 0 Å². The molecule has 202 valence electrons. The molecule has 3 nitrogen and oxygen atoms in total. The Balaban J connectivity index is 1.80. The summed E-state index contributed by atoms with van der Waals surface area (Å²) < 4.78 is 0. The van der Waals surface area contributed by atoms with E-state index >= 15 is 0 Å². The SMILES string of the molecule is C=C(/C=C(/C)C(C)=C(C)C)N1CCN(C(=C)c2ccc(/C(=C\C)c3ccc(Cl)c(C)c3)c(C)n2)C(C)(C)C1. The van der Waals surface area contributed by atoms with Crippen LogP contribution in [0.1, 0.15) is 76.5 Å². The molecular formula is C34H44ClN3. The van der Waals surface area contributed by atoms with E-state index in [9.17, 15) is 0 Å². The van der Waals surface area contributed by atoms with Gasteiger partial charge in [-0.25, -0.2) is 0 Å². The van der Waals surface area contributed by atoms with Gasteiger partial charge in [-0.2, -0.15) is 0 Å². The molecule has 38 heavy (non-hydrogen) atoms. The number of nitrogens with zero attached hydrogens (tertiary/aromatic N) is 3. The van der Waals surface area contributed by atoms with E-state index in [-0.39, 0.29) is 5.54 Å². The topological polar surface area (TPSA) is 19.4 Å². The Kier molecular flexibility index (Phi) is 9.15. The maximum atomic E-state index is 6.27. The zero-order chi connectivity index (χ0) is 28.4. The fraction of sp³-hybridized carbons (Fsp3) is 0.382. The molecule has 3 rings (SSSR count). The Morgan fingerprint density at radius 2 is 1.71 bits per heavy atom. The molecule has 4 heteroatoms. The second-order valence-electron chi connectivity index (χ2n) is 11.3. The van der Waals surface area contributed by atoms with Gasteiger partial charge >= 0.3 is 0 Å². The average molecular weight is 530 g/mol. The smallest absolute Gasteiger partial charge is 0.0860 e. The Bertz CT molecular complexity index is 1340. The number of rotatable bonds is 7. The number of pyridine rings is 1. The normalized spacial score (nSPS) is 15.9. The lowest BCUT2D eigenvalue weighted by atomic mass is 9.94. The van der Waals surface area contributed by atoms with Gasteiger partial charge in [0.15, 0.2) is 0 Å². The molecule has 1 aromatic carbocycles. The molecule has 2 aromatic rings. The van der Waals surface area contributed by atoms with E-state index in [4.69, 9.17) is 16.6 Å². The van der Waals surface area contributed by atoms with Crippen molar-refractivity contribution >= 4 is 22.9 Å². The first-order valence-electron chi connectivity index (χ1n) is 13.4. The van der Waals surface area contributed by atoms with E-state index in [1.54, 1.807) is 0 Å². The van der Waals surface area contributed by atoms with E-state index in [1.807, 2.05) is 13.0 Å². The molecular weight excluding hydrogens is 486 g/mol. The molecule has 2 heterocycles. The molecule has 0 unspecified atom stereocenters. The molecule has 1 fully saturated rings. The third-order valence-corrected chi connectivity index (χ3v) is 8.21. The standard InChI is InChI=1S/C34H44ClN3/c1-12-30(29-13-15-32(35)24(5)20-29)31-14-16-33(36-27(31)8)28(9)38-18-17-37(21-34(38,10)11)25(6)19-23(4)26(7)22(2)3/h12-16,19-20H,6,9,17-18,21H2,1-5,7-8,10-11H3/b23-19-,30-12-. The summed E-state index contributed by atoms with van der Waals surface area (Å²) in [5.41, 5.74) is 12.3. The summed E-state index contributed by atoms with van der Waals surface area (Å²) >= 11 is 6.27. The number of benzene rings is 1. The highest BCUT2D eigenvalue weighted by molar-refractivity contribution is 6.31. The average Bonchev–Trinajstić information content (AvgIpc) is 2.85. The largest absolute Gasteiger partial charge is 0.368 e. The molecule has 0 atom stereocenters. The van der Waals surface area contributed by atoms with Crippen LogP contribution in [0.3, 0.4) is 0 Å². The molecule has 1 aliphatic rings. The molecule has 0 N–H and O–H groups in total. The third-order valence-electron chi connectivity index (χ3n) is 7.79. The molecule has 1 aromatic heterocycles. The van der Waals surface area contributed by atoms with Crippen LogP contribution in [0.5, 0.6) is 0 Å². The number of hydrogen-bond donors (Lipinski definition) is 0. The van der Waals surface area contributed by atoms with Crippen LogP contribution in [0.2, 0.25) is 5.02 Å². The van der Waals surface area contributed by atoms with Gasteiger partial charge in [0.1, 0.15) is 0 Å². The minimum atomic E-state index is -0.116. The lowest BCUT2D eigenvalue weighted by molar-refractivity contribution is 0.0878. The van der Waals surface area contributed by atoms with Crippen LogP contribution in [-0.2, 0) is 0 Å². The van der Waals surface area contributed by atoms with Crippen molar-refractivity contribution in [1.29, 1.82) is 0 Å². The predicted octanol–water partition coefficient (Wildman–Crippen LogP) is 8.99. The maximum absolute atomic E-state index is 6.27. The molecule has 0 saturated carbocycles. The number of aryl methyl sites for hydroxylation is 2. The molecule has 0 aliphatic carbocycles. The Labute approximate surface area is 235 Å². The second-order valence-corrected chi connectivity index (χ2v) is 11.7. The first-order valence-corrected chi connectivity index (χ1v) is 13.8. The van der Waals surface area contributed by atoms with Gasteiger partial charge in [-0.05, 0) is 114 Å². The number of halogens is 1. The van der Waals surface area contributed by atoms with Gasteiger partial charge in [0, 0.05) is 41.6 Å². The van der Waals surface area contributed by atoms with Crippen LogP contribution in [0, 0.1) is 13.8 Å². The van der Waals surface area contributed by atoms with Gasteiger partial charge in [-0.15, -0.1) is 0 Å². The zero-order valence-corrected chi connectivity index (χ0v) is 25.6. The second kappa shape index (κ2) is 11.8. The summed E-state index contributed by atoms with van der Waals surface area (Å²) in [6.07, 6.45) is 4.36. The van der Waals surface area contributed by atoms with Crippen molar-refractivity contribution in [2.45, 2.75) is 67.9 Å². The highest BCUT2D eigenvalue weighted by atomic mass is 35.5. The van der Waals surface area contributed by atoms with E-state index in [0.717, 1.165) is 69.7 Å². The van der Waals surface area contributed by atoms with Crippen molar-refractivity contribution < 1.29 is 0 Å². The summed E-state index contributed by atoms with van der Waals surface area (Å²) in [4.78, 5) is 9.81. The Hall–Kier alpha value is -3.04. The zero-order valence-electron chi connectivity index (χ0n) is 24.8. The van der Waals surface area contributed by atoms with Gasteiger partial charge in [0.05, 0.1) is 16.9 Å². The number of hydrogen-bond acceptors (Lipinski definition) is 3. The summed E-state index contributed by atoms with van der Waals surface area (Å²) in [6.45, 7) is 30.9. The van der Waals surface area contributed by atoms with Crippen LogP contribution < -0.4 is 0 Å². The fourth-order valence-corrected chi connectivity index (χ4v) is 5.30.